The van der Waals surface area contributed by atoms with Crippen LogP contribution in [0.3, 0.4) is 0 Å². The summed E-state index contributed by atoms with van der Waals surface area (Å²) in [5.74, 6) is 0.856. The summed E-state index contributed by atoms with van der Waals surface area (Å²) < 4.78 is 5.70. The van der Waals surface area contributed by atoms with Gasteiger partial charge in [0.1, 0.15) is 5.75 Å². The molecule has 1 unspecified atom stereocenters. The largest absolute Gasteiger partial charge is 0.483 e. The fourth-order valence-electron chi connectivity index (χ4n) is 2.95. The third-order valence-electron chi connectivity index (χ3n) is 4.85. The van der Waals surface area contributed by atoms with Crippen LogP contribution in [0.15, 0.2) is 53.6 Å². The predicted octanol–water partition coefficient (Wildman–Crippen LogP) is 4.58. The Morgan fingerprint density at radius 2 is 1.79 bits per heavy atom. The number of amides is 1. The topological polar surface area (TPSA) is 53.9 Å². The summed E-state index contributed by atoms with van der Waals surface area (Å²) in [5.41, 5.74) is 5.75. The number of nitrogens with one attached hydrogen (secondary N) is 1. The molecule has 0 saturated heterocycles. The highest BCUT2D eigenvalue weighted by atomic mass is 16.5. The lowest BCUT2D eigenvalue weighted by atomic mass is 9.98. The number of nitrogens with zero attached hydrogens (tertiary/aromatic N) is 2. The Bertz CT molecular complexity index is 768. The average Bonchev–Trinajstić information content (AvgIpc) is 2.74. The van der Waals surface area contributed by atoms with Crippen molar-refractivity contribution in [2.75, 3.05) is 24.6 Å². The van der Waals surface area contributed by atoms with E-state index in [1.807, 2.05) is 36.4 Å². The monoisotopic (exact) mass is 381 g/mol. The molecule has 0 bridgehead atoms. The molecule has 5 nitrogen and oxygen atoms in total. The highest BCUT2D eigenvalue weighted by molar-refractivity contribution is 5.83. The smallest absolute Gasteiger partial charge is 0.277 e. The van der Waals surface area contributed by atoms with Gasteiger partial charge in [-0.3, -0.25) is 4.79 Å². The maximum atomic E-state index is 12.0. The summed E-state index contributed by atoms with van der Waals surface area (Å²) in [6.45, 7) is 10.4. The summed E-state index contributed by atoms with van der Waals surface area (Å²) in [6.07, 6.45) is 2.65. The van der Waals surface area contributed by atoms with Crippen molar-refractivity contribution in [2.45, 2.75) is 40.0 Å². The van der Waals surface area contributed by atoms with Gasteiger partial charge >= 0.3 is 0 Å². The van der Waals surface area contributed by atoms with Crippen LogP contribution >= 0.6 is 0 Å². The van der Waals surface area contributed by atoms with Gasteiger partial charge in [0.15, 0.2) is 6.61 Å². The van der Waals surface area contributed by atoms with Gasteiger partial charge in [-0.25, -0.2) is 5.43 Å². The quantitative estimate of drug-likeness (QED) is 0.484. The van der Waals surface area contributed by atoms with Gasteiger partial charge in [0.25, 0.3) is 5.91 Å². The summed E-state index contributed by atoms with van der Waals surface area (Å²) in [6, 6.07) is 15.9. The van der Waals surface area contributed by atoms with Gasteiger partial charge in [0.05, 0.1) is 6.21 Å². The van der Waals surface area contributed by atoms with Crippen LogP contribution in [0.2, 0.25) is 0 Å². The fourth-order valence-corrected chi connectivity index (χ4v) is 2.95. The maximum Gasteiger partial charge on any atom is 0.277 e. The number of hydrazone groups is 1. The first-order valence-electron chi connectivity index (χ1n) is 9.97. The lowest BCUT2D eigenvalue weighted by Gasteiger charge is -2.20. The Kier molecular flexibility index (Phi) is 8.53. The molecule has 0 fully saturated rings. The molecule has 0 aromatic heterocycles. The SMILES string of the molecule is CCC(C)c1ccccc1OCC(=O)N/N=C/c1ccc(N(CC)CC)cc1. The number of hydrogen-bond donors (Lipinski definition) is 1. The molecule has 1 N–H and O–H groups in total. The Balaban J connectivity index is 1.86. The Labute approximate surface area is 168 Å². The Morgan fingerprint density at radius 1 is 1.11 bits per heavy atom. The molecule has 0 aliphatic rings. The van der Waals surface area contributed by atoms with Crippen molar-refractivity contribution in [1.82, 2.24) is 5.43 Å². The molecular weight excluding hydrogens is 350 g/mol. The molecule has 5 heteroatoms. The second-order valence-electron chi connectivity index (χ2n) is 6.69. The minimum absolute atomic E-state index is 0.0638. The number of carbonyl (C=O) groups is 1. The molecule has 0 spiro atoms. The van der Waals surface area contributed by atoms with E-state index in [-0.39, 0.29) is 12.5 Å². The molecule has 0 aliphatic heterocycles. The van der Waals surface area contributed by atoms with Crippen molar-refractivity contribution in [3.8, 4) is 5.75 Å². The summed E-state index contributed by atoms with van der Waals surface area (Å²) in [4.78, 5) is 14.3. The molecule has 0 heterocycles. The van der Waals surface area contributed by atoms with Crippen LogP contribution in [0.5, 0.6) is 5.75 Å². The molecule has 2 rings (SSSR count). The number of anilines is 1. The van der Waals surface area contributed by atoms with Crippen molar-refractivity contribution in [2.24, 2.45) is 5.10 Å². The van der Waals surface area contributed by atoms with E-state index in [1.165, 1.54) is 5.69 Å². The van der Waals surface area contributed by atoms with Crippen LogP contribution in [0.25, 0.3) is 0 Å². The predicted molar refractivity (Wildman–Crippen MR) is 116 cm³/mol. The van der Waals surface area contributed by atoms with Crippen molar-refractivity contribution >= 4 is 17.8 Å². The molecule has 0 radical (unpaired) electrons. The normalized spacial score (nSPS) is 12.0. The lowest BCUT2D eigenvalue weighted by molar-refractivity contribution is -0.123. The van der Waals surface area contributed by atoms with Gasteiger partial charge < -0.3 is 9.64 Å². The molecule has 0 aliphatic carbocycles. The minimum atomic E-state index is -0.282. The van der Waals surface area contributed by atoms with Gasteiger partial charge in [-0.2, -0.15) is 5.10 Å². The molecule has 150 valence electrons. The van der Waals surface area contributed by atoms with Crippen molar-refractivity contribution in [3.05, 3.63) is 59.7 Å². The van der Waals surface area contributed by atoms with Crippen molar-refractivity contribution in [3.63, 3.8) is 0 Å². The van der Waals surface area contributed by atoms with E-state index in [2.05, 4.69) is 55.3 Å². The Morgan fingerprint density at radius 3 is 2.43 bits per heavy atom. The van der Waals surface area contributed by atoms with Crippen molar-refractivity contribution in [1.29, 1.82) is 0 Å². The first-order valence-corrected chi connectivity index (χ1v) is 9.97. The van der Waals surface area contributed by atoms with E-state index >= 15 is 0 Å². The van der Waals surface area contributed by atoms with Crippen LogP contribution in [0, 0.1) is 0 Å². The molecule has 1 amide bonds. The second kappa shape index (κ2) is 11.1. The number of hydrogen-bond acceptors (Lipinski definition) is 4. The van der Waals surface area contributed by atoms with Crippen LogP contribution in [-0.4, -0.2) is 31.8 Å². The third kappa shape index (κ3) is 6.12. The van der Waals surface area contributed by atoms with Gasteiger partial charge in [-0.15, -0.1) is 0 Å². The number of ether oxygens (including phenoxy) is 1. The van der Waals surface area contributed by atoms with E-state index < -0.39 is 0 Å². The summed E-state index contributed by atoms with van der Waals surface area (Å²) in [5, 5.41) is 4.02. The zero-order chi connectivity index (χ0) is 20.4. The molecule has 2 aromatic rings. The molecule has 1 atom stereocenters. The van der Waals surface area contributed by atoms with Crippen LogP contribution in [0.1, 0.15) is 51.2 Å². The number of rotatable bonds is 10. The van der Waals surface area contributed by atoms with Gasteiger partial charge in [-0.05, 0) is 55.5 Å². The van der Waals surface area contributed by atoms with Crippen LogP contribution in [-0.2, 0) is 4.79 Å². The number of carbonyl (C=O) groups excluding carboxylic acids is 1. The summed E-state index contributed by atoms with van der Waals surface area (Å²) >= 11 is 0. The average molecular weight is 382 g/mol. The third-order valence-corrected chi connectivity index (χ3v) is 4.85. The van der Waals surface area contributed by atoms with E-state index in [0.29, 0.717) is 5.92 Å². The van der Waals surface area contributed by atoms with Crippen LogP contribution < -0.4 is 15.1 Å². The van der Waals surface area contributed by atoms with Gasteiger partial charge in [0.2, 0.25) is 0 Å². The van der Waals surface area contributed by atoms with E-state index in [1.54, 1.807) is 6.21 Å². The second-order valence-corrected chi connectivity index (χ2v) is 6.69. The molecular formula is C23H31N3O2. The van der Waals surface area contributed by atoms with Crippen LogP contribution in [0.4, 0.5) is 5.69 Å². The van der Waals surface area contributed by atoms with Gasteiger partial charge in [-0.1, -0.05) is 44.2 Å². The zero-order valence-electron chi connectivity index (χ0n) is 17.3. The fraction of sp³-hybridized carbons (Fsp3) is 0.391. The van der Waals surface area contributed by atoms with E-state index in [4.69, 9.17) is 4.74 Å². The van der Waals surface area contributed by atoms with Gasteiger partial charge in [0, 0.05) is 18.8 Å². The lowest BCUT2D eigenvalue weighted by Crippen LogP contribution is -2.25. The minimum Gasteiger partial charge on any atom is -0.483 e. The van der Waals surface area contributed by atoms with Crippen molar-refractivity contribution < 1.29 is 9.53 Å². The van der Waals surface area contributed by atoms with E-state index in [9.17, 15) is 4.79 Å². The van der Waals surface area contributed by atoms with E-state index in [0.717, 1.165) is 36.4 Å². The molecule has 0 saturated carbocycles. The highest BCUT2D eigenvalue weighted by Gasteiger charge is 2.10. The number of benzene rings is 2. The zero-order valence-corrected chi connectivity index (χ0v) is 17.3. The summed E-state index contributed by atoms with van der Waals surface area (Å²) in [7, 11) is 0. The maximum absolute atomic E-state index is 12.0. The first-order chi connectivity index (χ1) is 13.6. The molecule has 28 heavy (non-hydrogen) atoms. The number of para-hydroxylation sites is 1. The first kappa shape index (κ1) is 21.5. The highest BCUT2D eigenvalue weighted by Crippen LogP contribution is 2.28. The standard InChI is InChI=1S/C23H31N3O2/c1-5-18(4)21-10-8-9-11-22(21)28-17-23(27)25-24-16-19-12-14-20(15-13-19)26(6-2)7-3/h8-16,18H,5-7,17H2,1-4H3,(H,25,27)/b24-16+. The Hall–Kier alpha value is -2.82. The molecule has 2 aromatic carbocycles.